The van der Waals surface area contributed by atoms with Crippen LogP contribution in [0.15, 0.2) is 54.8 Å². The highest BCUT2D eigenvalue weighted by molar-refractivity contribution is 6.09. The predicted octanol–water partition coefficient (Wildman–Crippen LogP) is 4.72. The number of H-pyrrole nitrogens is 1. The van der Waals surface area contributed by atoms with Crippen LogP contribution in [0.5, 0.6) is 0 Å². The number of hydrogen-bond acceptors (Lipinski definition) is 3. The minimum atomic E-state index is -1.25. The van der Waals surface area contributed by atoms with E-state index in [4.69, 9.17) is 0 Å². The third-order valence-electron chi connectivity index (χ3n) is 8.83. The number of Topliss-reactive ketones (excluding diaryl/α,β-unsaturated/α-hetero) is 1. The molecule has 5 heteroatoms. The normalized spacial score (nSPS) is 37.6. The van der Waals surface area contributed by atoms with Gasteiger partial charge in [-0.3, -0.25) is 9.59 Å². The molecular weight excluding hydrogens is 424 g/mol. The van der Waals surface area contributed by atoms with Crippen molar-refractivity contribution in [2.75, 3.05) is 0 Å². The lowest BCUT2D eigenvalue weighted by Crippen LogP contribution is -2.58. The minimum absolute atomic E-state index is 0.0148. The van der Waals surface area contributed by atoms with Gasteiger partial charge in [0.1, 0.15) is 11.2 Å². The van der Waals surface area contributed by atoms with Crippen molar-refractivity contribution in [3.63, 3.8) is 0 Å². The summed E-state index contributed by atoms with van der Waals surface area (Å²) in [6.07, 6.45) is 9.90. The van der Waals surface area contributed by atoms with Crippen molar-refractivity contribution < 1.29 is 14.7 Å². The van der Waals surface area contributed by atoms with E-state index >= 15 is 0 Å². The smallest absolute Gasteiger partial charge is 0.235 e. The van der Waals surface area contributed by atoms with E-state index in [0.717, 1.165) is 47.7 Å². The summed E-state index contributed by atoms with van der Waals surface area (Å²) in [4.78, 5) is 31.2. The lowest BCUT2D eigenvalue weighted by Gasteiger charge is -2.49. The van der Waals surface area contributed by atoms with Gasteiger partial charge >= 0.3 is 0 Å². The molecule has 7 atom stereocenters. The zero-order valence-corrected chi connectivity index (χ0v) is 20.2. The first-order chi connectivity index (χ1) is 16.4. The Morgan fingerprint density at radius 3 is 2.79 bits per heavy atom. The summed E-state index contributed by atoms with van der Waals surface area (Å²) in [5.41, 5.74) is 1.67. The van der Waals surface area contributed by atoms with Crippen LogP contribution in [0.2, 0.25) is 0 Å². The van der Waals surface area contributed by atoms with Crippen molar-refractivity contribution in [3.8, 4) is 0 Å². The largest absolute Gasteiger partial charge is 0.388 e. The number of nitrogens with one attached hydrogen (secondary N) is 2. The van der Waals surface area contributed by atoms with Gasteiger partial charge in [0, 0.05) is 41.4 Å². The Hall–Kier alpha value is -2.66. The van der Waals surface area contributed by atoms with Gasteiger partial charge in [0.05, 0.1) is 6.10 Å². The van der Waals surface area contributed by atoms with E-state index in [1.807, 2.05) is 37.4 Å². The average Bonchev–Trinajstić information content (AvgIpc) is 3.35. The molecule has 2 heterocycles. The molecule has 1 aliphatic heterocycles. The van der Waals surface area contributed by atoms with Crippen molar-refractivity contribution in [2.45, 2.75) is 64.5 Å². The second-order valence-electron chi connectivity index (χ2n) is 10.8. The summed E-state index contributed by atoms with van der Waals surface area (Å²) in [6, 6.07) is 7.96. The molecule has 0 unspecified atom stereocenters. The molecule has 1 saturated carbocycles. The van der Waals surface area contributed by atoms with Gasteiger partial charge in [0.2, 0.25) is 5.91 Å². The second kappa shape index (κ2) is 8.84. The molecular formula is C29H36N2O3. The Morgan fingerprint density at radius 2 is 1.97 bits per heavy atom. The van der Waals surface area contributed by atoms with E-state index in [-0.39, 0.29) is 29.6 Å². The number of carbonyl (C=O) groups excluding carboxylic acids is 2. The molecule has 3 N–H and O–H groups in total. The second-order valence-corrected chi connectivity index (χ2v) is 10.8. The maximum atomic E-state index is 14.0. The van der Waals surface area contributed by atoms with Gasteiger partial charge in [-0.1, -0.05) is 63.6 Å². The number of para-hydroxylation sites is 1. The van der Waals surface area contributed by atoms with E-state index in [0.29, 0.717) is 18.8 Å². The zero-order valence-electron chi connectivity index (χ0n) is 20.2. The first-order valence-corrected chi connectivity index (χ1v) is 12.8. The van der Waals surface area contributed by atoms with Crippen LogP contribution in [0.25, 0.3) is 10.9 Å². The highest BCUT2D eigenvalue weighted by Crippen LogP contribution is 2.57. The van der Waals surface area contributed by atoms with Crippen molar-refractivity contribution in [1.29, 1.82) is 0 Å². The van der Waals surface area contributed by atoms with Crippen molar-refractivity contribution in [3.05, 3.63) is 60.3 Å². The summed E-state index contributed by atoms with van der Waals surface area (Å²) >= 11 is 0. The zero-order chi connectivity index (χ0) is 24.0. The van der Waals surface area contributed by atoms with E-state index in [1.165, 1.54) is 0 Å². The standard InChI is InChI=1S/C29H36N2O3/c1-17-9-4-7-14-25(32)29-22(12-8-10-17)27(33)19(3)18(2)26(29)24(31-28(29)34)15-20-16-30-23-13-6-5-11-21(20)23/h5-6,8,11-13,16-18,22,24,26-27,30,33H,3-4,7,9-10,14-15H2,1-2H3,(H,31,34)/b12-8+/t17-,18-,22+,24+,26+,27-,29-/m1/s1. The maximum Gasteiger partial charge on any atom is 0.235 e. The van der Waals surface area contributed by atoms with Gasteiger partial charge in [0.15, 0.2) is 0 Å². The number of rotatable bonds is 2. The number of carbonyl (C=O) groups is 2. The Balaban J connectivity index is 1.60. The van der Waals surface area contributed by atoms with Crippen LogP contribution in [0.1, 0.15) is 51.5 Å². The van der Waals surface area contributed by atoms with Crippen LogP contribution >= 0.6 is 0 Å². The fourth-order valence-electron chi connectivity index (χ4n) is 6.97. The SMILES string of the molecule is C=C1[C@@H](C)[C@H]2[C@H](Cc3c[nH]c4ccccc34)NC(=O)[C@]23C(=O)CCCC[C@@H](C)C/C=C/[C@H]3[C@@H]1O. The lowest BCUT2D eigenvalue weighted by atomic mass is 9.51. The molecule has 2 aliphatic carbocycles. The quantitative estimate of drug-likeness (QED) is 0.448. The first-order valence-electron chi connectivity index (χ1n) is 12.8. The van der Waals surface area contributed by atoms with Crippen LogP contribution in [0.3, 0.4) is 0 Å². The van der Waals surface area contributed by atoms with Crippen LogP contribution in [0, 0.1) is 29.1 Å². The Bertz CT molecular complexity index is 1150. The third-order valence-corrected chi connectivity index (χ3v) is 8.83. The van der Waals surface area contributed by atoms with Crippen molar-refractivity contribution >= 4 is 22.6 Å². The summed E-state index contributed by atoms with van der Waals surface area (Å²) in [5, 5.41) is 15.7. The molecule has 5 nitrogen and oxygen atoms in total. The summed E-state index contributed by atoms with van der Waals surface area (Å²) in [7, 11) is 0. The topological polar surface area (TPSA) is 82.2 Å². The number of aliphatic hydroxyl groups excluding tert-OH is 1. The number of aliphatic hydroxyl groups is 1. The number of hydrogen-bond donors (Lipinski definition) is 3. The summed E-state index contributed by atoms with van der Waals surface area (Å²) < 4.78 is 0. The van der Waals surface area contributed by atoms with Gasteiger partial charge in [-0.05, 0) is 48.3 Å². The van der Waals surface area contributed by atoms with E-state index < -0.39 is 17.4 Å². The number of fused-ring (bicyclic) bond motifs is 1. The summed E-state index contributed by atoms with van der Waals surface area (Å²) in [5.74, 6) is -0.684. The highest BCUT2D eigenvalue weighted by atomic mass is 16.3. The Kier molecular flexibility index (Phi) is 6.01. The molecule has 180 valence electrons. The van der Waals surface area contributed by atoms with E-state index in [1.54, 1.807) is 0 Å². The van der Waals surface area contributed by atoms with Crippen molar-refractivity contribution in [2.24, 2.45) is 29.1 Å². The highest BCUT2D eigenvalue weighted by Gasteiger charge is 2.68. The molecule has 1 aromatic heterocycles. The first kappa shape index (κ1) is 23.1. The molecule has 1 amide bonds. The molecule has 0 radical (unpaired) electrons. The molecule has 3 aliphatic rings. The van der Waals surface area contributed by atoms with Crippen LogP contribution in [-0.4, -0.2) is 33.9 Å². The lowest BCUT2D eigenvalue weighted by molar-refractivity contribution is -0.151. The average molecular weight is 461 g/mol. The number of aromatic nitrogens is 1. The van der Waals surface area contributed by atoms with Gasteiger partial charge in [0.25, 0.3) is 0 Å². The van der Waals surface area contributed by atoms with Crippen LogP contribution < -0.4 is 5.32 Å². The summed E-state index contributed by atoms with van der Waals surface area (Å²) in [6.45, 7) is 8.50. The fourth-order valence-corrected chi connectivity index (χ4v) is 6.97. The van der Waals surface area contributed by atoms with Gasteiger partial charge in [-0.15, -0.1) is 0 Å². The number of ketones is 1. The molecule has 34 heavy (non-hydrogen) atoms. The molecule has 1 spiro atoms. The number of amides is 1. The van der Waals surface area contributed by atoms with Gasteiger partial charge < -0.3 is 15.4 Å². The number of allylic oxidation sites excluding steroid dienone is 1. The molecule has 0 bridgehead atoms. The minimum Gasteiger partial charge on any atom is -0.388 e. The Labute approximate surface area is 201 Å². The van der Waals surface area contributed by atoms with Crippen molar-refractivity contribution in [1.82, 2.24) is 10.3 Å². The maximum absolute atomic E-state index is 14.0. The van der Waals surface area contributed by atoms with E-state index in [2.05, 4.69) is 35.9 Å². The molecule has 1 saturated heterocycles. The predicted molar refractivity (Wildman–Crippen MR) is 134 cm³/mol. The van der Waals surface area contributed by atoms with Crippen LogP contribution in [0.4, 0.5) is 0 Å². The molecule has 2 aromatic rings. The fraction of sp³-hybridized carbons (Fsp3) is 0.517. The van der Waals surface area contributed by atoms with Gasteiger partial charge in [-0.25, -0.2) is 0 Å². The Morgan fingerprint density at radius 1 is 1.18 bits per heavy atom. The van der Waals surface area contributed by atoms with Gasteiger partial charge in [-0.2, -0.15) is 0 Å². The number of benzene rings is 1. The molecule has 1 aromatic carbocycles. The monoisotopic (exact) mass is 460 g/mol. The molecule has 2 fully saturated rings. The number of aromatic amines is 1. The van der Waals surface area contributed by atoms with E-state index in [9.17, 15) is 14.7 Å². The third kappa shape index (κ3) is 3.48. The molecule has 5 rings (SSSR count). The van der Waals surface area contributed by atoms with Crippen LogP contribution in [-0.2, 0) is 16.0 Å².